The minimum atomic E-state index is -3.97. The Kier molecular flexibility index (Phi) is 8.69. The Hall–Kier alpha value is -2.68. The quantitative estimate of drug-likeness (QED) is 0.201. The van der Waals surface area contributed by atoms with Gasteiger partial charge < -0.3 is 4.74 Å². The van der Waals surface area contributed by atoms with Gasteiger partial charge in [-0.3, -0.25) is 4.72 Å². The summed E-state index contributed by atoms with van der Waals surface area (Å²) in [5, 5.41) is 0. The molecule has 4 aromatic carbocycles. The molecule has 1 atom stereocenters. The van der Waals surface area contributed by atoms with E-state index >= 15 is 0 Å². The lowest BCUT2D eigenvalue weighted by atomic mass is 9.79. The number of aryl methyl sites for hydroxylation is 2. The lowest BCUT2D eigenvalue weighted by Crippen LogP contribution is -2.17. The maximum atomic E-state index is 13.5. The van der Waals surface area contributed by atoms with Crippen molar-refractivity contribution in [1.29, 1.82) is 0 Å². The summed E-state index contributed by atoms with van der Waals surface area (Å²) in [6, 6.07) is 21.1. The highest BCUT2D eigenvalue weighted by Crippen LogP contribution is 2.41. The van der Waals surface area contributed by atoms with Crippen LogP contribution < -0.4 is 9.46 Å². The number of benzene rings is 4. The highest BCUT2D eigenvalue weighted by molar-refractivity contribution is 9.11. The van der Waals surface area contributed by atoms with Gasteiger partial charge in [-0.1, -0.05) is 61.7 Å². The Morgan fingerprint density at radius 1 is 0.925 bits per heavy atom. The summed E-state index contributed by atoms with van der Waals surface area (Å²) in [6.45, 7) is 4.39. The van der Waals surface area contributed by atoms with Crippen LogP contribution in [-0.4, -0.2) is 8.42 Å². The van der Waals surface area contributed by atoms with E-state index in [1.54, 1.807) is 0 Å². The molecule has 1 aliphatic rings. The molecule has 0 heterocycles. The van der Waals surface area contributed by atoms with Crippen LogP contribution in [0.25, 0.3) is 0 Å². The van der Waals surface area contributed by atoms with Gasteiger partial charge in [-0.15, -0.1) is 0 Å². The molecule has 208 valence electrons. The van der Waals surface area contributed by atoms with Crippen LogP contribution in [0, 0.1) is 19.7 Å². The SMILES string of the molecule is Cc1ccc(COc2cc3c(cc2NS(=O)(=O)c2ccc(F)cc2)C(Cc2cc(Br)c(C)c(Br)c2)CCC3)cc1. The summed E-state index contributed by atoms with van der Waals surface area (Å²) in [5.74, 6) is 0.212. The highest BCUT2D eigenvalue weighted by atomic mass is 79.9. The van der Waals surface area contributed by atoms with Crippen molar-refractivity contribution < 1.29 is 17.5 Å². The van der Waals surface area contributed by atoms with Crippen molar-refractivity contribution in [2.75, 3.05) is 4.72 Å². The molecule has 1 aliphatic carbocycles. The molecule has 0 aliphatic heterocycles. The third kappa shape index (κ3) is 6.61. The number of halogens is 3. The highest BCUT2D eigenvalue weighted by Gasteiger charge is 2.26. The van der Waals surface area contributed by atoms with Gasteiger partial charge >= 0.3 is 0 Å². The van der Waals surface area contributed by atoms with Crippen molar-refractivity contribution in [2.45, 2.75) is 57.0 Å². The molecule has 0 bridgehead atoms. The summed E-state index contributed by atoms with van der Waals surface area (Å²) in [5.41, 5.74) is 7.18. The Bertz CT molecular complexity index is 1620. The molecule has 0 radical (unpaired) electrons. The fourth-order valence-corrected chi connectivity index (χ4v) is 7.45. The number of anilines is 1. The van der Waals surface area contributed by atoms with E-state index in [0.717, 1.165) is 69.0 Å². The van der Waals surface area contributed by atoms with Crippen molar-refractivity contribution in [2.24, 2.45) is 0 Å². The van der Waals surface area contributed by atoms with Crippen molar-refractivity contribution in [3.8, 4) is 5.75 Å². The van der Waals surface area contributed by atoms with Crippen LogP contribution in [0.4, 0.5) is 10.1 Å². The van der Waals surface area contributed by atoms with Crippen LogP contribution in [-0.2, 0) is 29.5 Å². The van der Waals surface area contributed by atoms with E-state index in [0.29, 0.717) is 18.0 Å². The van der Waals surface area contributed by atoms with E-state index in [4.69, 9.17) is 4.74 Å². The molecule has 8 heteroatoms. The van der Waals surface area contributed by atoms with Crippen molar-refractivity contribution in [3.05, 3.63) is 121 Å². The van der Waals surface area contributed by atoms with E-state index in [9.17, 15) is 12.8 Å². The first-order valence-corrected chi connectivity index (χ1v) is 16.2. The summed E-state index contributed by atoms with van der Waals surface area (Å²) >= 11 is 7.34. The lowest BCUT2D eigenvalue weighted by Gasteiger charge is -2.28. The Balaban J connectivity index is 1.51. The van der Waals surface area contributed by atoms with Gasteiger partial charge in [0.15, 0.2) is 0 Å². The van der Waals surface area contributed by atoms with Crippen LogP contribution in [0.5, 0.6) is 5.75 Å². The minimum absolute atomic E-state index is 0.0120. The predicted molar refractivity (Wildman–Crippen MR) is 165 cm³/mol. The van der Waals surface area contributed by atoms with E-state index in [1.165, 1.54) is 23.3 Å². The Morgan fingerprint density at radius 3 is 2.27 bits per heavy atom. The number of ether oxygens (including phenoxy) is 1. The van der Waals surface area contributed by atoms with Crippen LogP contribution >= 0.6 is 31.9 Å². The summed E-state index contributed by atoms with van der Waals surface area (Å²) in [7, 11) is -3.97. The van der Waals surface area contributed by atoms with E-state index in [1.807, 2.05) is 43.3 Å². The smallest absolute Gasteiger partial charge is 0.262 e. The third-order valence-corrected chi connectivity index (χ3v) is 10.4. The van der Waals surface area contributed by atoms with E-state index < -0.39 is 15.8 Å². The molecule has 40 heavy (non-hydrogen) atoms. The molecule has 1 N–H and O–H groups in total. The molecular formula is C32H30Br2FNO3S. The molecule has 1 unspecified atom stereocenters. The third-order valence-electron chi connectivity index (χ3n) is 7.39. The second-order valence-electron chi connectivity index (χ2n) is 10.4. The molecule has 4 aromatic rings. The van der Waals surface area contributed by atoms with E-state index in [2.05, 4.69) is 55.6 Å². The fourth-order valence-electron chi connectivity index (χ4n) is 5.10. The van der Waals surface area contributed by atoms with Gasteiger partial charge in [0.05, 0.1) is 10.6 Å². The molecule has 0 fully saturated rings. The van der Waals surface area contributed by atoms with Gasteiger partial charge in [-0.25, -0.2) is 12.8 Å². The van der Waals surface area contributed by atoms with Crippen LogP contribution in [0.1, 0.15) is 52.1 Å². The first-order valence-electron chi connectivity index (χ1n) is 13.2. The van der Waals surface area contributed by atoms with Crippen molar-refractivity contribution in [3.63, 3.8) is 0 Å². The van der Waals surface area contributed by atoms with Crippen LogP contribution in [0.15, 0.2) is 86.6 Å². The van der Waals surface area contributed by atoms with Gasteiger partial charge in [-0.2, -0.15) is 0 Å². The molecular weight excluding hydrogens is 657 g/mol. The van der Waals surface area contributed by atoms with Gasteiger partial charge in [0.2, 0.25) is 0 Å². The number of hydrogen-bond acceptors (Lipinski definition) is 3. The maximum Gasteiger partial charge on any atom is 0.262 e. The fraction of sp³-hybridized carbons (Fsp3) is 0.250. The van der Waals surface area contributed by atoms with Gasteiger partial charge in [0.25, 0.3) is 10.0 Å². The van der Waals surface area contributed by atoms with Crippen LogP contribution in [0.2, 0.25) is 0 Å². The van der Waals surface area contributed by atoms with Crippen molar-refractivity contribution >= 4 is 47.6 Å². The van der Waals surface area contributed by atoms with E-state index in [-0.39, 0.29) is 10.8 Å². The molecule has 0 spiro atoms. The number of fused-ring (bicyclic) bond motifs is 1. The zero-order chi connectivity index (χ0) is 28.4. The largest absolute Gasteiger partial charge is 0.487 e. The Morgan fingerprint density at radius 2 is 1.60 bits per heavy atom. The molecule has 5 rings (SSSR count). The lowest BCUT2D eigenvalue weighted by molar-refractivity contribution is 0.307. The number of sulfonamides is 1. The number of hydrogen-bond donors (Lipinski definition) is 1. The number of rotatable bonds is 8. The zero-order valence-electron chi connectivity index (χ0n) is 22.3. The average molecular weight is 687 g/mol. The molecule has 0 saturated carbocycles. The summed E-state index contributed by atoms with van der Waals surface area (Å²) in [4.78, 5) is -0.0120. The Labute approximate surface area is 252 Å². The number of nitrogens with one attached hydrogen (secondary N) is 1. The normalized spacial score (nSPS) is 15.0. The van der Waals surface area contributed by atoms with Gasteiger partial charge in [0.1, 0.15) is 18.2 Å². The predicted octanol–water partition coefficient (Wildman–Crippen LogP) is 9.01. The first kappa shape index (κ1) is 28.8. The molecule has 0 amide bonds. The first-order chi connectivity index (χ1) is 19.1. The van der Waals surface area contributed by atoms with Gasteiger partial charge in [-0.05, 0) is 122 Å². The van der Waals surface area contributed by atoms with Gasteiger partial charge in [0, 0.05) is 8.95 Å². The minimum Gasteiger partial charge on any atom is -0.487 e. The summed E-state index contributed by atoms with van der Waals surface area (Å²) < 4.78 is 51.2. The standard InChI is InChI=1S/C32H30Br2FNO3S/c1-20-6-8-22(9-7-20)19-39-32-17-25-5-3-4-24(14-23-15-29(33)21(2)30(34)16-23)28(25)18-31(32)36-40(37,38)27-12-10-26(35)11-13-27/h6-13,15-18,24,36H,3-5,14,19H2,1-2H3. The van der Waals surface area contributed by atoms with Crippen molar-refractivity contribution in [1.82, 2.24) is 0 Å². The second kappa shape index (κ2) is 12.0. The second-order valence-corrected chi connectivity index (χ2v) is 13.7. The summed E-state index contributed by atoms with van der Waals surface area (Å²) in [6.07, 6.45) is 3.78. The monoisotopic (exact) mass is 685 g/mol. The topological polar surface area (TPSA) is 55.4 Å². The molecule has 0 aromatic heterocycles. The zero-order valence-corrected chi connectivity index (χ0v) is 26.3. The maximum absolute atomic E-state index is 13.5. The molecule has 4 nitrogen and oxygen atoms in total. The van der Waals surface area contributed by atoms with Crippen LogP contribution in [0.3, 0.4) is 0 Å². The molecule has 0 saturated heterocycles. The average Bonchev–Trinajstić information content (AvgIpc) is 2.92.